The van der Waals surface area contributed by atoms with Gasteiger partial charge in [-0.15, -0.1) is 0 Å². The van der Waals surface area contributed by atoms with Crippen LogP contribution in [0, 0.1) is 11.8 Å². The molecule has 2 saturated carbocycles. The Hall–Kier alpha value is -2.63. The molecule has 0 bridgehead atoms. The minimum Gasteiger partial charge on any atom is -0.347 e. The summed E-state index contributed by atoms with van der Waals surface area (Å²) in [4.78, 5) is 41.9. The summed E-state index contributed by atoms with van der Waals surface area (Å²) in [5.41, 5.74) is 2.06. The lowest BCUT2D eigenvalue weighted by molar-refractivity contribution is -0.135. The van der Waals surface area contributed by atoms with E-state index in [2.05, 4.69) is 25.2 Å². The summed E-state index contributed by atoms with van der Waals surface area (Å²) in [6.07, 6.45) is 5.52. The van der Waals surface area contributed by atoms with Crippen molar-refractivity contribution in [2.45, 2.75) is 50.5 Å². The zero-order chi connectivity index (χ0) is 20.6. The van der Waals surface area contributed by atoms with Crippen molar-refractivity contribution in [1.82, 2.24) is 10.2 Å². The molecule has 0 atom stereocenters. The Labute approximate surface area is 170 Å². The molecule has 152 valence electrons. The highest BCUT2D eigenvalue weighted by Gasteiger charge is 2.65. The third-order valence-corrected chi connectivity index (χ3v) is 7.15. The average Bonchev–Trinajstić information content (AvgIpc) is 3.60. The van der Waals surface area contributed by atoms with Crippen LogP contribution >= 0.6 is 0 Å². The molecule has 1 aromatic rings. The minimum atomic E-state index is -0.746. The van der Waals surface area contributed by atoms with Crippen molar-refractivity contribution in [2.24, 2.45) is 11.8 Å². The van der Waals surface area contributed by atoms with Crippen molar-refractivity contribution in [3.8, 4) is 0 Å². The van der Waals surface area contributed by atoms with Gasteiger partial charge in [-0.3, -0.25) is 14.5 Å². The molecule has 5 rings (SSSR count). The van der Waals surface area contributed by atoms with E-state index in [-0.39, 0.29) is 35.5 Å². The maximum atomic E-state index is 13.2. The van der Waals surface area contributed by atoms with E-state index in [1.54, 1.807) is 6.08 Å². The Morgan fingerprint density at radius 1 is 1.14 bits per heavy atom. The number of nitrogens with zero attached hydrogens (tertiary/aromatic N) is 2. The minimum absolute atomic E-state index is 0.193. The molecule has 2 aliphatic heterocycles. The monoisotopic (exact) mass is 393 g/mol. The summed E-state index contributed by atoms with van der Waals surface area (Å²) in [6.45, 7) is 3.98. The standard InChI is InChI=1S/C23H27N3O3/c1-22(2)17-6-4-5-7-18(17)25(3)19(22)12-16(27)13-26-20(28)23(14-8-9-14,15-10-11-15)24-21(26)29/h4-7,12,14-15H,8-11,13H2,1-3H3,(H,24,29)/b19-12-. The van der Waals surface area contributed by atoms with E-state index in [0.717, 1.165) is 47.5 Å². The van der Waals surface area contributed by atoms with Crippen molar-refractivity contribution in [1.29, 1.82) is 0 Å². The van der Waals surface area contributed by atoms with Gasteiger partial charge in [-0.2, -0.15) is 0 Å². The fourth-order valence-corrected chi connectivity index (χ4v) is 5.33. The molecule has 1 saturated heterocycles. The average molecular weight is 393 g/mol. The SMILES string of the molecule is CN1/C(=C\C(=O)CN2C(=O)NC(C3CC3)(C3CC3)C2=O)C(C)(C)c2ccccc21. The molecule has 2 aliphatic carbocycles. The summed E-state index contributed by atoms with van der Waals surface area (Å²) in [5, 5.41) is 2.98. The predicted octanol–water partition coefficient (Wildman–Crippen LogP) is 2.98. The van der Waals surface area contributed by atoms with E-state index < -0.39 is 11.6 Å². The Morgan fingerprint density at radius 3 is 2.34 bits per heavy atom. The molecule has 0 radical (unpaired) electrons. The van der Waals surface area contributed by atoms with Gasteiger partial charge < -0.3 is 10.2 Å². The first kappa shape index (κ1) is 18.4. The fourth-order valence-electron chi connectivity index (χ4n) is 5.33. The van der Waals surface area contributed by atoms with Gasteiger partial charge in [0, 0.05) is 29.9 Å². The van der Waals surface area contributed by atoms with Crippen molar-refractivity contribution in [3.05, 3.63) is 41.6 Å². The van der Waals surface area contributed by atoms with Crippen molar-refractivity contribution >= 4 is 23.4 Å². The summed E-state index contributed by atoms with van der Waals surface area (Å²) in [7, 11) is 1.95. The summed E-state index contributed by atoms with van der Waals surface area (Å²) >= 11 is 0. The molecule has 3 fully saturated rings. The van der Waals surface area contributed by atoms with Gasteiger partial charge in [0.1, 0.15) is 5.54 Å². The predicted molar refractivity (Wildman–Crippen MR) is 109 cm³/mol. The lowest BCUT2D eigenvalue weighted by Crippen LogP contribution is -2.51. The third-order valence-electron chi connectivity index (χ3n) is 7.15. The molecular weight excluding hydrogens is 366 g/mol. The van der Waals surface area contributed by atoms with Crippen LogP contribution in [0.2, 0.25) is 0 Å². The van der Waals surface area contributed by atoms with Crippen LogP contribution < -0.4 is 10.2 Å². The third kappa shape index (κ3) is 2.57. The van der Waals surface area contributed by atoms with E-state index in [0.29, 0.717) is 0 Å². The number of ketones is 1. The van der Waals surface area contributed by atoms with E-state index >= 15 is 0 Å². The highest BCUT2D eigenvalue weighted by atomic mass is 16.2. The summed E-state index contributed by atoms with van der Waals surface area (Å²) < 4.78 is 0. The van der Waals surface area contributed by atoms with Crippen LogP contribution in [0.5, 0.6) is 0 Å². The summed E-state index contributed by atoms with van der Waals surface area (Å²) in [5.74, 6) is 0.0545. The lowest BCUT2D eigenvalue weighted by atomic mass is 9.83. The topological polar surface area (TPSA) is 69.7 Å². The fraction of sp³-hybridized carbons (Fsp3) is 0.522. The van der Waals surface area contributed by atoms with Crippen molar-refractivity contribution < 1.29 is 14.4 Å². The van der Waals surface area contributed by atoms with E-state index in [1.807, 2.05) is 30.1 Å². The zero-order valence-electron chi connectivity index (χ0n) is 17.2. The molecule has 6 heteroatoms. The number of rotatable bonds is 5. The Morgan fingerprint density at radius 2 is 1.76 bits per heavy atom. The molecule has 4 aliphatic rings. The van der Waals surface area contributed by atoms with Crippen LogP contribution in [0.15, 0.2) is 36.0 Å². The number of anilines is 1. The van der Waals surface area contributed by atoms with Crippen LogP contribution in [0.4, 0.5) is 10.5 Å². The highest BCUT2D eigenvalue weighted by molar-refractivity contribution is 6.11. The van der Waals surface area contributed by atoms with Gasteiger partial charge in [-0.1, -0.05) is 32.0 Å². The quantitative estimate of drug-likeness (QED) is 0.617. The maximum absolute atomic E-state index is 13.2. The number of imide groups is 1. The number of carbonyl (C=O) groups excluding carboxylic acids is 3. The Kier molecular flexibility index (Phi) is 3.77. The summed E-state index contributed by atoms with van der Waals surface area (Å²) in [6, 6.07) is 7.69. The number of hydrogen-bond donors (Lipinski definition) is 1. The highest BCUT2D eigenvalue weighted by Crippen LogP contribution is 2.54. The second-order valence-electron chi connectivity index (χ2n) is 9.44. The van der Waals surface area contributed by atoms with Gasteiger partial charge in [0.15, 0.2) is 5.78 Å². The molecular formula is C23H27N3O3. The number of para-hydroxylation sites is 1. The molecule has 0 unspecified atom stereocenters. The van der Waals surface area contributed by atoms with Crippen LogP contribution in [0.1, 0.15) is 45.1 Å². The second kappa shape index (κ2) is 5.94. The van der Waals surface area contributed by atoms with Gasteiger partial charge in [0.05, 0.1) is 6.54 Å². The number of hydrogen-bond acceptors (Lipinski definition) is 4. The van der Waals surface area contributed by atoms with Gasteiger partial charge in [0.25, 0.3) is 5.91 Å². The molecule has 6 nitrogen and oxygen atoms in total. The largest absolute Gasteiger partial charge is 0.347 e. The molecule has 1 N–H and O–H groups in total. The molecule has 3 amide bonds. The normalized spacial score (nSPS) is 26.1. The lowest BCUT2D eigenvalue weighted by Gasteiger charge is -2.26. The number of allylic oxidation sites excluding steroid dienone is 1. The molecule has 2 heterocycles. The number of likely N-dealkylation sites (N-methyl/N-ethyl adjacent to an activating group) is 1. The molecule has 1 aromatic carbocycles. The van der Waals surface area contributed by atoms with Crippen LogP contribution in [-0.4, -0.2) is 41.8 Å². The second-order valence-corrected chi connectivity index (χ2v) is 9.44. The Bertz CT molecular complexity index is 944. The van der Waals surface area contributed by atoms with E-state index in [9.17, 15) is 14.4 Å². The number of benzene rings is 1. The number of carbonyl (C=O) groups is 3. The van der Waals surface area contributed by atoms with E-state index in [1.165, 1.54) is 0 Å². The number of urea groups is 1. The first-order valence-electron chi connectivity index (χ1n) is 10.5. The maximum Gasteiger partial charge on any atom is 0.325 e. The number of nitrogens with one attached hydrogen (secondary N) is 1. The molecule has 29 heavy (non-hydrogen) atoms. The molecule has 0 aromatic heterocycles. The smallest absolute Gasteiger partial charge is 0.325 e. The van der Waals surface area contributed by atoms with Crippen LogP contribution in [0.25, 0.3) is 0 Å². The van der Waals surface area contributed by atoms with Crippen molar-refractivity contribution in [3.63, 3.8) is 0 Å². The van der Waals surface area contributed by atoms with Crippen molar-refractivity contribution in [2.75, 3.05) is 18.5 Å². The van der Waals surface area contributed by atoms with Gasteiger partial charge in [-0.25, -0.2) is 4.79 Å². The number of amides is 3. The first-order chi connectivity index (χ1) is 13.8. The first-order valence-corrected chi connectivity index (χ1v) is 10.5. The van der Waals surface area contributed by atoms with Gasteiger partial charge >= 0.3 is 6.03 Å². The number of fused-ring (bicyclic) bond motifs is 1. The van der Waals surface area contributed by atoms with E-state index in [4.69, 9.17) is 0 Å². The molecule has 0 spiro atoms. The van der Waals surface area contributed by atoms with Gasteiger partial charge in [0.2, 0.25) is 0 Å². The zero-order valence-corrected chi connectivity index (χ0v) is 17.2. The van der Waals surface area contributed by atoms with Crippen LogP contribution in [0.3, 0.4) is 0 Å². The van der Waals surface area contributed by atoms with Gasteiger partial charge in [-0.05, 0) is 49.1 Å². The Balaban J connectivity index is 1.39. The van der Waals surface area contributed by atoms with Crippen LogP contribution in [-0.2, 0) is 15.0 Å².